The largest absolute Gasteiger partial charge is 0.477 e. The Hall–Kier alpha value is -2.70. The van der Waals surface area contributed by atoms with E-state index in [9.17, 15) is 9.59 Å². The topological polar surface area (TPSA) is 93.6 Å². The molecule has 0 atom stereocenters. The highest BCUT2D eigenvalue weighted by Gasteiger charge is 2.18. The first-order valence-corrected chi connectivity index (χ1v) is 5.10. The normalized spacial score (nSPS) is 12.7. The van der Waals surface area contributed by atoms with Gasteiger partial charge < -0.3 is 19.6 Å². The number of nitrogens with zero attached hydrogens (tertiary/aromatic N) is 1. The number of carbonyl (C=O) groups is 1. The van der Waals surface area contributed by atoms with E-state index >= 15 is 0 Å². The minimum atomic E-state index is -1.19. The van der Waals surface area contributed by atoms with Gasteiger partial charge in [-0.05, 0) is 12.1 Å². The van der Waals surface area contributed by atoms with Crippen molar-refractivity contribution in [3.05, 3.63) is 40.6 Å². The van der Waals surface area contributed by atoms with Crippen LogP contribution in [0.1, 0.15) is 10.5 Å². The highest BCUT2D eigenvalue weighted by Crippen LogP contribution is 2.33. The number of fused-ring (bicyclic) bond motifs is 1. The van der Waals surface area contributed by atoms with E-state index in [2.05, 4.69) is 4.98 Å². The highest BCUT2D eigenvalue weighted by atomic mass is 16.7. The average Bonchev–Trinajstić information content (AvgIpc) is 2.93. The minimum absolute atomic E-state index is 0.118. The fourth-order valence-corrected chi connectivity index (χ4v) is 1.81. The summed E-state index contributed by atoms with van der Waals surface area (Å²) in [4.78, 5) is 25.0. The maximum atomic E-state index is 11.6. The van der Waals surface area contributed by atoms with Crippen molar-refractivity contribution in [1.82, 2.24) is 9.55 Å². The monoisotopic (exact) mass is 248 g/mol. The zero-order chi connectivity index (χ0) is 12.7. The Bertz CT molecular complexity index is 685. The van der Waals surface area contributed by atoms with Crippen LogP contribution in [0.15, 0.2) is 29.2 Å². The molecule has 1 aliphatic rings. The van der Waals surface area contributed by atoms with Crippen LogP contribution in [-0.4, -0.2) is 27.4 Å². The van der Waals surface area contributed by atoms with Crippen LogP contribution < -0.4 is 15.2 Å². The number of benzene rings is 1. The summed E-state index contributed by atoms with van der Waals surface area (Å²) in [5.41, 5.74) is -0.256. The number of aromatic amines is 1. The van der Waals surface area contributed by atoms with Gasteiger partial charge in [0.15, 0.2) is 17.2 Å². The summed E-state index contributed by atoms with van der Waals surface area (Å²) in [6.07, 6.45) is 1.15. The van der Waals surface area contributed by atoms with Crippen molar-refractivity contribution in [3.8, 4) is 17.2 Å². The van der Waals surface area contributed by atoms with Gasteiger partial charge in [-0.2, -0.15) is 0 Å². The van der Waals surface area contributed by atoms with Crippen molar-refractivity contribution in [2.45, 2.75) is 0 Å². The molecule has 92 valence electrons. The lowest BCUT2D eigenvalue weighted by atomic mass is 10.2. The summed E-state index contributed by atoms with van der Waals surface area (Å²) in [7, 11) is 0. The number of ether oxygens (including phenoxy) is 2. The molecule has 1 aliphatic heterocycles. The zero-order valence-corrected chi connectivity index (χ0v) is 9.04. The van der Waals surface area contributed by atoms with Crippen LogP contribution in [0.25, 0.3) is 5.69 Å². The van der Waals surface area contributed by atoms with Gasteiger partial charge in [-0.25, -0.2) is 9.59 Å². The van der Waals surface area contributed by atoms with Crippen LogP contribution in [0.2, 0.25) is 0 Å². The number of carboxylic acid groups (broad SMARTS) is 1. The van der Waals surface area contributed by atoms with Gasteiger partial charge in [0.25, 0.3) is 0 Å². The van der Waals surface area contributed by atoms with Gasteiger partial charge in [0, 0.05) is 12.3 Å². The first-order valence-electron chi connectivity index (χ1n) is 5.10. The standard InChI is InChI=1S/C11H8N2O5/c14-10(15)7-4-12-11(16)13(7)6-1-2-8-9(3-6)18-5-17-8/h1-4H,5H2,(H,12,16)(H,14,15). The van der Waals surface area contributed by atoms with Crippen molar-refractivity contribution >= 4 is 5.97 Å². The number of aromatic nitrogens is 2. The maximum Gasteiger partial charge on any atom is 0.354 e. The Balaban J connectivity index is 2.18. The Morgan fingerprint density at radius 1 is 1.33 bits per heavy atom. The average molecular weight is 248 g/mol. The van der Waals surface area contributed by atoms with Crippen LogP contribution >= 0.6 is 0 Å². The van der Waals surface area contributed by atoms with Crippen LogP contribution in [0.5, 0.6) is 11.5 Å². The van der Waals surface area contributed by atoms with E-state index in [0.29, 0.717) is 17.2 Å². The summed E-state index contributed by atoms with van der Waals surface area (Å²) in [5.74, 6) is -0.137. The van der Waals surface area contributed by atoms with Crippen molar-refractivity contribution < 1.29 is 19.4 Å². The number of aromatic carboxylic acids is 1. The van der Waals surface area contributed by atoms with E-state index in [1.807, 2.05) is 0 Å². The van der Waals surface area contributed by atoms with Gasteiger partial charge in [0.2, 0.25) is 6.79 Å². The molecule has 0 bridgehead atoms. The molecule has 7 heteroatoms. The third-order valence-corrected chi connectivity index (χ3v) is 2.61. The van der Waals surface area contributed by atoms with E-state index in [4.69, 9.17) is 14.6 Å². The van der Waals surface area contributed by atoms with E-state index in [1.54, 1.807) is 18.2 Å². The van der Waals surface area contributed by atoms with Crippen LogP contribution in [0, 0.1) is 0 Å². The lowest BCUT2D eigenvalue weighted by molar-refractivity contribution is 0.0688. The Labute approximate surface area is 100 Å². The second-order valence-corrected chi connectivity index (χ2v) is 3.66. The van der Waals surface area contributed by atoms with Gasteiger partial charge in [-0.1, -0.05) is 0 Å². The van der Waals surface area contributed by atoms with E-state index in [1.165, 1.54) is 0 Å². The second kappa shape index (κ2) is 3.66. The van der Waals surface area contributed by atoms with Crippen LogP contribution in [-0.2, 0) is 0 Å². The first-order chi connectivity index (χ1) is 8.66. The Kier molecular flexibility index (Phi) is 2.12. The highest BCUT2D eigenvalue weighted by molar-refractivity contribution is 5.86. The summed E-state index contributed by atoms with van der Waals surface area (Å²) >= 11 is 0. The Morgan fingerprint density at radius 3 is 2.89 bits per heavy atom. The van der Waals surface area contributed by atoms with Gasteiger partial charge in [0.05, 0.1) is 5.69 Å². The molecule has 7 nitrogen and oxygen atoms in total. The van der Waals surface area contributed by atoms with Crippen LogP contribution in [0.3, 0.4) is 0 Å². The molecule has 0 aliphatic carbocycles. The number of imidazole rings is 1. The van der Waals surface area contributed by atoms with Crippen molar-refractivity contribution in [2.75, 3.05) is 6.79 Å². The fraction of sp³-hybridized carbons (Fsp3) is 0.0909. The molecular weight excluding hydrogens is 240 g/mol. The van der Waals surface area contributed by atoms with Crippen molar-refractivity contribution in [2.24, 2.45) is 0 Å². The molecule has 0 saturated carbocycles. The number of carboxylic acids is 1. The number of nitrogens with one attached hydrogen (secondary N) is 1. The number of hydrogen-bond donors (Lipinski definition) is 2. The third kappa shape index (κ3) is 1.45. The predicted octanol–water partition coefficient (Wildman–Crippen LogP) is 0.592. The van der Waals surface area contributed by atoms with Gasteiger partial charge in [0.1, 0.15) is 0 Å². The van der Waals surface area contributed by atoms with Gasteiger partial charge in [-0.3, -0.25) is 4.57 Å². The molecule has 0 saturated heterocycles. The number of hydrogen-bond acceptors (Lipinski definition) is 4. The molecule has 1 aromatic carbocycles. The molecule has 0 radical (unpaired) electrons. The second-order valence-electron chi connectivity index (χ2n) is 3.66. The molecule has 3 rings (SSSR count). The summed E-state index contributed by atoms with van der Waals surface area (Å²) < 4.78 is 11.4. The molecule has 18 heavy (non-hydrogen) atoms. The third-order valence-electron chi connectivity index (χ3n) is 2.61. The molecule has 2 aromatic rings. The number of rotatable bonds is 2. The van der Waals surface area contributed by atoms with Gasteiger partial charge >= 0.3 is 11.7 Å². The lowest BCUT2D eigenvalue weighted by Crippen LogP contribution is -2.19. The predicted molar refractivity (Wildman–Crippen MR) is 59.5 cm³/mol. The summed E-state index contributed by atoms with van der Waals surface area (Å²) in [5, 5.41) is 9.00. The van der Waals surface area contributed by atoms with Crippen molar-refractivity contribution in [1.29, 1.82) is 0 Å². The van der Waals surface area contributed by atoms with Gasteiger partial charge in [-0.15, -0.1) is 0 Å². The number of H-pyrrole nitrogens is 1. The van der Waals surface area contributed by atoms with E-state index < -0.39 is 11.7 Å². The molecule has 2 N–H and O–H groups in total. The maximum absolute atomic E-state index is 11.6. The fourth-order valence-electron chi connectivity index (χ4n) is 1.81. The molecule has 0 unspecified atom stereocenters. The quantitative estimate of drug-likeness (QED) is 0.811. The minimum Gasteiger partial charge on any atom is -0.477 e. The smallest absolute Gasteiger partial charge is 0.354 e. The zero-order valence-electron chi connectivity index (χ0n) is 9.04. The summed E-state index contributed by atoms with van der Waals surface area (Å²) in [6, 6.07) is 4.78. The molecular formula is C11H8N2O5. The van der Waals surface area contributed by atoms with E-state index in [-0.39, 0.29) is 12.5 Å². The Morgan fingerprint density at radius 2 is 2.11 bits per heavy atom. The van der Waals surface area contributed by atoms with E-state index in [0.717, 1.165) is 10.8 Å². The summed E-state index contributed by atoms with van der Waals surface area (Å²) in [6.45, 7) is 0.118. The SMILES string of the molecule is O=C(O)c1c[nH]c(=O)n1-c1ccc2c(c1)OCO2. The first kappa shape index (κ1) is 10.5. The molecule has 1 aromatic heterocycles. The van der Waals surface area contributed by atoms with Crippen LogP contribution in [0.4, 0.5) is 0 Å². The molecule has 2 heterocycles. The molecule has 0 spiro atoms. The molecule has 0 amide bonds. The lowest BCUT2D eigenvalue weighted by Gasteiger charge is -2.05. The molecule has 0 fully saturated rings. The van der Waals surface area contributed by atoms with Crippen molar-refractivity contribution in [3.63, 3.8) is 0 Å².